The van der Waals surface area contributed by atoms with Crippen LogP contribution in [0.2, 0.25) is 0 Å². The lowest BCUT2D eigenvalue weighted by Gasteiger charge is -2.24. The van der Waals surface area contributed by atoms with Crippen LogP contribution >= 0.6 is 0 Å². The van der Waals surface area contributed by atoms with E-state index in [4.69, 9.17) is 0 Å². The monoisotopic (exact) mass is 198 g/mol. The molecule has 0 unspecified atom stereocenters. The van der Waals surface area contributed by atoms with E-state index in [1.54, 1.807) is 0 Å². The molecule has 2 N–H and O–H groups in total. The second-order valence-electron chi connectivity index (χ2n) is 5.30. The van der Waals surface area contributed by atoms with Crippen molar-refractivity contribution in [3.8, 4) is 0 Å². The van der Waals surface area contributed by atoms with E-state index in [1.807, 2.05) is 0 Å². The van der Waals surface area contributed by atoms with E-state index in [9.17, 15) is 0 Å². The molecule has 0 saturated heterocycles. The first kappa shape index (κ1) is 12.0. The molecule has 84 valence electrons. The third-order valence-electron chi connectivity index (χ3n) is 3.22. The van der Waals surface area contributed by atoms with Gasteiger partial charge in [0.1, 0.15) is 0 Å². The molecule has 1 saturated carbocycles. The zero-order valence-corrected chi connectivity index (χ0v) is 10.0. The molecule has 1 fully saturated rings. The summed E-state index contributed by atoms with van der Waals surface area (Å²) in [5.41, 5.74) is 0.595. The fourth-order valence-electron chi connectivity index (χ4n) is 2.24. The summed E-state index contributed by atoms with van der Waals surface area (Å²) in [5.74, 6) is 0. The second kappa shape index (κ2) is 5.72. The molecule has 0 aromatic heterocycles. The first-order chi connectivity index (χ1) is 6.62. The smallest absolute Gasteiger partial charge is 0.00790 e. The van der Waals surface area contributed by atoms with E-state index >= 15 is 0 Å². The van der Waals surface area contributed by atoms with Gasteiger partial charge >= 0.3 is 0 Å². The summed E-state index contributed by atoms with van der Waals surface area (Å²) < 4.78 is 0. The van der Waals surface area contributed by atoms with Crippen molar-refractivity contribution < 1.29 is 0 Å². The fourth-order valence-corrected chi connectivity index (χ4v) is 2.24. The van der Waals surface area contributed by atoms with E-state index in [0.717, 1.165) is 13.1 Å². The highest BCUT2D eigenvalue weighted by atomic mass is 15.0. The zero-order valence-electron chi connectivity index (χ0n) is 10.0. The molecular weight excluding hydrogens is 172 g/mol. The Kier molecular flexibility index (Phi) is 4.90. The minimum absolute atomic E-state index is 0.595. The van der Waals surface area contributed by atoms with E-state index < -0.39 is 0 Å². The minimum Gasteiger partial charge on any atom is -0.315 e. The average Bonchev–Trinajstić information content (AvgIpc) is 2.51. The van der Waals surface area contributed by atoms with Crippen molar-refractivity contribution in [3.63, 3.8) is 0 Å². The Balaban J connectivity index is 1.98. The fraction of sp³-hybridized carbons (Fsp3) is 1.00. The second-order valence-corrected chi connectivity index (χ2v) is 5.30. The van der Waals surface area contributed by atoms with Crippen LogP contribution in [0.25, 0.3) is 0 Å². The molecule has 2 nitrogen and oxygen atoms in total. The summed E-state index contributed by atoms with van der Waals surface area (Å²) >= 11 is 0. The summed E-state index contributed by atoms with van der Waals surface area (Å²) in [5, 5.41) is 6.98. The maximum atomic E-state index is 3.56. The summed E-state index contributed by atoms with van der Waals surface area (Å²) in [4.78, 5) is 0. The van der Waals surface area contributed by atoms with Crippen molar-refractivity contribution in [2.45, 2.75) is 52.5 Å². The van der Waals surface area contributed by atoms with Crippen LogP contribution in [0.1, 0.15) is 46.5 Å². The molecule has 0 radical (unpaired) electrons. The van der Waals surface area contributed by atoms with Gasteiger partial charge in [0.05, 0.1) is 0 Å². The Bertz CT molecular complexity index is 148. The summed E-state index contributed by atoms with van der Waals surface area (Å²) in [6.45, 7) is 10.2. The number of nitrogens with one attached hydrogen (secondary N) is 2. The van der Waals surface area contributed by atoms with E-state index in [2.05, 4.69) is 31.4 Å². The highest BCUT2D eigenvalue weighted by Gasteiger charge is 2.27. The van der Waals surface area contributed by atoms with Gasteiger partial charge in [0, 0.05) is 25.7 Å². The molecule has 0 spiro atoms. The van der Waals surface area contributed by atoms with Gasteiger partial charge in [-0.05, 0) is 18.3 Å². The maximum Gasteiger partial charge on any atom is 0.00790 e. The Labute approximate surface area is 88.8 Å². The van der Waals surface area contributed by atoms with Gasteiger partial charge in [-0.3, -0.25) is 0 Å². The molecule has 1 aliphatic rings. The van der Waals surface area contributed by atoms with Crippen molar-refractivity contribution in [1.82, 2.24) is 10.6 Å². The van der Waals surface area contributed by atoms with Crippen LogP contribution in [0, 0.1) is 5.41 Å². The van der Waals surface area contributed by atoms with Crippen molar-refractivity contribution >= 4 is 0 Å². The lowest BCUT2D eigenvalue weighted by atomic mass is 9.89. The molecule has 0 aromatic carbocycles. The molecule has 0 aliphatic heterocycles. The Hall–Kier alpha value is -0.0800. The van der Waals surface area contributed by atoms with Crippen LogP contribution in [0.15, 0.2) is 0 Å². The quantitative estimate of drug-likeness (QED) is 0.639. The molecule has 1 rings (SSSR count). The molecule has 1 aliphatic carbocycles. The van der Waals surface area contributed by atoms with Crippen LogP contribution in [0.5, 0.6) is 0 Å². The lowest BCUT2D eigenvalue weighted by molar-refractivity contribution is 0.315. The van der Waals surface area contributed by atoms with Gasteiger partial charge in [-0.1, -0.05) is 33.6 Å². The number of hydrogen-bond donors (Lipinski definition) is 2. The summed E-state index contributed by atoms with van der Waals surface area (Å²) in [6.07, 6.45) is 5.69. The zero-order chi connectivity index (χ0) is 10.4. The maximum absolute atomic E-state index is 3.56. The van der Waals surface area contributed by atoms with Crippen molar-refractivity contribution in [2.75, 3.05) is 19.6 Å². The Morgan fingerprint density at radius 3 is 2.36 bits per heavy atom. The molecule has 0 amide bonds. The average molecular weight is 198 g/mol. The van der Waals surface area contributed by atoms with Crippen LogP contribution in [-0.2, 0) is 0 Å². The van der Waals surface area contributed by atoms with E-state index in [0.29, 0.717) is 11.5 Å². The first-order valence-electron chi connectivity index (χ1n) is 6.06. The van der Waals surface area contributed by atoms with Gasteiger partial charge in [-0.15, -0.1) is 0 Å². The van der Waals surface area contributed by atoms with Crippen molar-refractivity contribution in [2.24, 2.45) is 5.41 Å². The topological polar surface area (TPSA) is 24.1 Å². The molecule has 0 atom stereocenters. The molecule has 0 bridgehead atoms. The number of hydrogen-bond acceptors (Lipinski definition) is 2. The summed E-state index contributed by atoms with van der Waals surface area (Å²) in [7, 11) is 0. The highest BCUT2D eigenvalue weighted by Crippen LogP contribution is 2.36. The first-order valence-corrected chi connectivity index (χ1v) is 6.06. The van der Waals surface area contributed by atoms with Gasteiger partial charge in [0.15, 0.2) is 0 Å². The van der Waals surface area contributed by atoms with Gasteiger partial charge in [0.25, 0.3) is 0 Å². The van der Waals surface area contributed by atoms with Gasteiger partial charge in [0.2, 0.25) is 0 Å². The molecular formula is C12H26N2. The van der Waals surface area contributed by atoms with E-state index in [-0.39, 0.29) is 0 Å². The van der Waals surface area contributed by atoms with Crippen LogP contribution in [0.4, 0.5) is 0 Å². The van der Waals surface area contributed by atoms with Crippen LogP contribution in [0.3, 0.4) is 0 Å². The molecule has 2 heteroatoms. The Morgan fingerprint density at radius 1 is 1.14 bits per heavy atom. The van der Waals surface area contributed by atoms with Crippen molar-refractivity contribution in [3.05, 3.63) is 0 Å². The van der Waals surface area contributed by atoms with E-state index in [1.165, 1.54) is 32.2 Å². The normalized spacial score (nSPS) is 20.6. The molecule has 14 heavy (non-hydrogen) atoms. The minimum atomic E-state index is 0.595. The third kappa shape index (κ3) is 4.43. The van der Waals surface area contributed by atoms with Crippen LogP contribution < -0.4 is 10.6 Å². The third-order valence-corrected chi connectivity index (χ3v) is 3.22. The number of rotatable bonds is 6. The predicted molar refractivity (Wildman–Crippen MR) is 62.6 cm³/mol. The largest absolute Gasteiger partial charge is 0.315 e. The van der Waals surface area contributed by atoms with Crippen molar-refractivity contribution in [1.29, 1.82) is 0 Å². The van der Waals surface area contributed by atoms with Gasteiger partial charge in [-0.25, -0.2) is 0 Å². The standard InChI is InChI=1S/C12H26N2/c1-11(2)14-9-8-13-10-12(3)6-4-5-7-12/h11,13-14H,4-10H2,1-3H3. The Morgan fingerprint density at radius 2 is 1.79 bits per heavy atom. The predicted octanol–water partition coefficient (Wildman–Crippen LogP) is 2.15. The lowest BCUT2D eigenvalue weighted by Crippen LogP contribution is -2.36. The summed E-state index contributed by atoms with van der Waals surface area (Å²) in [6, 6.07) is 0.610. The highest BCUT2D eigenvalue weighted by molar-refractivity contribution is 4.82. The molecule has 0 heterocycles. The van der Waals surface area contributed by atoms with Gasteiger partial charge < -0.3 is 10.6 Å². The molecule has 0 aromatic rings. The SMILES string of the molecule is CC(C)NCCNCC1(C)CCCC1. The van der Waals surface area contributed by atoms with Crippen LogP contribution in [-0.4, -0.2) is 25.7 Å². The van der Waals surface area contributed by atoms with Gasteiger partial charge in [-0.2, -0.15) is 0 Å².